The fourth-order valence-corrected chi connectivity index (χ4v) is 5.95. The predicted molar refractivity (Wildman–Crippen MR) is 107 cm³/mol. The van der Waals surface area contributed by atoms with E-state index < -0.39 is 0 Å². The van der Waals surface area contributed by atoms with Crippen LogP contribution >= 0.6 is 0 Å². The van der Waals surface area contributed by atoms with Crippen molar-refractivity contribution in [2.75, 3.05) is 13.1 Å². The van der Waals surface area contributed by atoms with Crippen LogP contribution < -0.4 is 5.73 Å². The fraction of sp³-hybridized carbons (Fsp3) is 0.652. The van der Waals surface area contributed by atoms with Gasteiger partial charge < -0.3 is 10.6 Å². The summed E-state index contributed by atoms with van der Waals surface area (Å²) in [5, 5.41) is 0. The number of hydrogen-bond acceptors (Lipinski definition) is 3. The van der Waals surface area contributed by atoms with E-state index in [0.717, 1.165) is 25.3 Å². The monoisotopic (exact) mass is 368 g/mol. The Hall–Kier alpha value is -1.68. The van der Waals surface area contributed by atoms with Crippen LogP contribution in [0.5, 0.6) is 0 Å². The van der Waals surface area contributed by atoms with Gasteiger partial charge in [-0.25, -0.2) is 0 Å². The molecule has 3 atom stereocenters. The van der Waals surface area contributed by atoms with E-state index >= 15 is 0 Å². The largest absolute Gasteiger partial charge is 0.366 e. The first-order valence-corrected chi connectivity index (χ1v) is 10.6. The van der Waals surface area contributed by atoms with Gasteiger partial charge in [-0.3, -0.25) is 9.59 Å². The van der Waals surface area contributed by atoms with Crippen molar-refractivity contribution in [3.8, 4) is 0 Å². The molecule has 0 bridgehead atoms. The molecule has 3 aliphatic rings. The van der Waals surface area contributed by atoms with Crippen LogP contribution in [0.15, 0.2) is 18.2 Å². The normalized spacial score (nSPS) is 32.0. The molecule has 1 aromatic carbocycles. The van der Waals surface area contributed by atoms with Gasteiger partial charge in [0.2, 0.25) is 5.91 Å². The van der Waals surface area contributed by atoms with Crippen LogP contribution in [0.2, 0.25) is 0 Å². The van der Waals surface area contributed by atoms with Gasteiger partial charge in [-0.05, 0) is 81.2 Å². The van der Waals surface area contributed by atoms with Crippen molar-refractivity contribution < 1.29 is 9.59 Å². The summed E-state index contributed by atoms with van der Waals surface area (Å²) in [5.41, 5.74) is 8.36. The minimum atomic E-state index is -0.387. The van der Waals surface area contributed by atoms with Gasteiger partial charge in [-0.2, -0.15) is 0 Å². The number of amides is 1. The predicted octanol–water partition coefficient (Wildman–Crippen LogP) is 3.60. The van der Waals surface area contributed by atoms with Crippen LogP contribution in [-0.2, 0) is 10.2 Å². The van der Waals surface area contributed by atoms with Gasteiger partial charge in [-0.15, -0.1) is 0 Å². The minimum Gasteiger partial charge on any atom is -0.366 e. The molecule has 27 heavy (non-hydrogen) atoms. The van der Waals surface area contributed by atoms with Crippen LogP contribution in [0.4, 0.5) is 0 Å². The Labute approximate surface area is 162 Å². The lowest BCUT2D eigenvalue weighted by atomic mass is 9.55. The van der Waals surface area contributed by atoms with Crippen molar-refractivity contribution in [3.05, 3.63) is 34.9 Å². The molecule has 4 nitrogen and oxygen atoms in total. The number of nitrogens with zero attached hydrogens (tertiary/aromatic N) is 1. The summed E-state index contributed by atoms with van der Waals surface area (Å²) >= 11 is 0. The maximum Gasteiger partial charge on any atom is 0.248 e. The second-order valence-electron chi connectivity index (χ2n) is 9.19. The highest BCUT2D eigenvalue weighted by Crippen LogP contribution is 2.51. The molecule has 0 spiro atoms. The maximum atomic E-state index is 12.5. The summed E-state index contributed by atoms with van der Waals surface area (Å²) in [4.78, 5) is 27.0. The quantitative estimate of drug-likeness (QED) is 0.883. The Kier molecular flexibility index (Phi) is 4.87. The molecule has 146 valence electrons. The van der Waals surface area contributed by atoms with E-state index in [2.05, 4.69) is 18.7 Å². The molecule has 4 rings (SSSR count). The standard InChI is InChI=1S/C23H32N2O2/c1-15-6-7-18(22(24)27)12-21(15)23-10-11-25(14-17-4-3-5-17)16(2)20(23)9-8-19(26)13-23/h6-7,12,16-17,20H,3-5,8-11,13-14H2,1-2H3,(H2,24,27). The van der Waals surface area contributed by atoms with Gasteiger partial charge in [0.25, 0.3) is 0 Å². The van der Waals surface area contributed by atoms with E-state index in [1.165, 1.54) is 36.9 Å². The van der Waals surface area contributed by atoms with Crippen molar-refractivity contribution in [2.45, 2.75) is 70.3 Å². The van der Waals surface area contributed by atoms with E-state index in [0.29, 0.717) is 36.1 Å². The highest BCUT2D eigenvalue weighted by molar-refractivity contribution is 5.93. The number of nitrogens with two attached hydrogens (primary N) is 1. The van der Waals surface area contributed by atoms with E-state index in [4.69, 9.17) is 5.73 Å². The summed E-state index contributed by atoms with van der Waals surface area (Å²) in [6, 6.07) is 6.28. The van der Waals surface area contributed by atoms with E-state index in [9.17, 15) is 9.59 Å². The minimum absolute atomic E-state index is 0.138. The van der Waals surface area contributed by atoms with Gasteiger partial charge in [0.1, 0.15) is 5.78 Å². The number of aryl methyl sites for hydroxylation is 1. The summed E-state index contributed by atoms with van der Waals surface area (Å²) in [6.45, 7) is 6.72. The molecule has 3 fully saturated rings. The number of benzene rings is 1. The van der Waals surface area contributed by atoms with Crippen LogP contribution in [0.1, 0.15) is 73.4 Å². The van der Waals surface area contributed by atoms with E-state index in [1.807, 2.05) is 18.2 Å². The molecule has 0 radical (unpaired) electrons. The van der Waals surface area contributed by atoms with Crippen LogP contribution in [0.25, 0.3) is 0 Å². The number of Topliss-reactive ketones (excluding diaryl/α,β-unsaturated/α-hetero) is 1. The molecular weight excluding hydrogens is 336 g/mol. The summed E-state index contributed by atoms with van der Waals surface area (Å²) < 4.78 is 0. The topological polar surface area (TPSA) is 63.4 Å². The van der Waals surface area contributed by atoms with Gasteiger partial charge >= 0.3 is 0 Å². The van der Waals surface area contributed by atoms with Crippen molar-refractivity contribution in [2.24, 2.45) is 17.6 Å². The third-order valence-electron chi connectivity index (χ3n) is 7.74. The molecule has 1 saturated heterocycles. The van der Waals surface area contributed by atoms with E-state index in [1.54, 1.807) is 0 Å². The lowest BCUT2D eigenvalue weighted by molar-refractivity contribution is -0.126. The number of rotatable bonds is 4. The Balaban J connectivity index is 1.70. The Morgan fingerprint density at radius 3 is 2.74 bits per heavy atom. The lowest BCUT2D eigenvalue weighted by Crippen LogP contribution is -2.58. The molecular formula is C23H32N2O2. The SMILES string of the molecule is Cc1ccc(C(N)=O)cc1C12CCN(CC3CCC3)C(C)C1CCC(=O)C2. The fourth-order valence-electron chi connectivity index (χ4n) is 5.95. The average molecular weight is 369 g/mol. The maximum absolute atomic E-state index is 12.5. The third kappa shape index (κ3) is 3.22. The summed E-state index contributed by atoms with van der Waals surface area (Å²) in [6.07, 6.45) is 7.40. The van der Waals surface area contributed by atoms with Crippen LogP contribution in [0.3, 0.4) is 0 Å². The van der Waals surface area contributed by atoms with E-state index in [-0.39, 0.29) is 11.3 Å². The second kappa shape index (κ2) is 7.05. The number of carbonyl (C=O) groups excluding carboxylic acids is 2. The molecule has 1 aliphatic heterocycles. The Morgan fingerprint density at radius 2 is 2.07 bits per heavy atom. The summed E-state index contributed by atoms with van der Waals surface area (Å²) in [5.74, 6) is 1.31. The number of piperidine rings is 1. The average Bonchev–Trinajstić information content (AvgIpc) is 2.59. The Morgan fingerprint density at radius 1 is 1.30 bits per heavy atom. The van der Waals surface area contributed by atoms with Crippen LogP contribution in [0, 0.1) is 18.8 Å². The van der Waals surface area contributed by atoms with Crippen molar-refractivity contribution >= 4 is 11.7 Å². The molecule has 2 saturated carbocycles. The molecule has 1 heterocycles. The summed E-state index contributed by atoms with van der Waals surface area (Å²) in [7, 11) is 0. The molecule has 4 heteroatoms. The third-order valence-corrected chi connectivity index (χ3v) is 7.74. The lowest BCUT2D eigenvalue weighted by Gasteiger charge is -2.55. The van der Waals surface area contributed by atoms with Crippen LogP contribution in [-0.4, -0.2) is 35.7 Å². The van der Waals surface area contributed by atoms with Gasteiger partial charge in [0, 0.05) is 36.4 Å². The van der Waals surface area contributed by atoms with Gasteiger partial charge in [0.05, 0.1) is 0 Å². The van der Waals surface area contributed by atoms with Crippen molar-refractivity contribution in [1.82, 2.24) is 4.90 Å². The number of ketones is 1. The zero-order valence-electron chi connectivity index (χ0n) is 16.7. The zero-order chi connectivity index (χ0) is 19.2. The highest BCUT2D eigenvalue weighted by Gasteiger charge is 2.51. The number of primary amides is 1. The number of carbonyl (C=O) groups is 2. The van der Waals surface area contributed by atoms with Crippen molar-refractivity contribution in [1.29, 1.82) is 0 Å². The van der Waals surface area contributed by atoms with Crippen molar-refractivity contribution in [3.63, 3.8) is 0 Å². The molecule has 2 aliphatic carbocycles. The smallest absolute Gasteiger partial charge is 0.248 e. The molecule has 3 unspecified atom stereocenters. The zero-order valence-corrected chi connectivity index (χ0v) is 16.7. The first-order valence-electron chi connectivity index (χ1n) is 10.6. The molecule has 1 amide bonds. The Bertz CT molecular complexity index is 755. The molecule has 0 aromatic heterocycles. The first kappa shape index (κ1) is 18.7. The first-order chi connectivity index (χ1) is 12.9. The van der Waals surface area contributed by atoms with Gasteiger partial charge in [0.15, 0.2) is 0 Å². The molecule has 1 aromatic rings. The molecule has 2 N–H and O–H groups in total. The number of hydrogen-bond donors (Lipinski definition) is 1. The second-order valence-corrected chi connectivity index (χ2v) is 9.19. The number of likely N-dealkylation sites (tertiary alicyclic amines) is 1. The number of fused-ring (bicyclic) bond motifs is 1. The highest BCUT2D eigenvalue weighted by atomic mass is 16.1. The van der Waals surface area contributed by atoms with Gasteiger partial charge in [-0.1, -0.05) is 12.5 Å².